The molecular weight excluding hydrogens is 330 g/mol. The third-order valence-electron chi connectivity index (χ3n) is 4.79. The van der Waals surface area contributed by atoms with Crippen molar-refractivity contribution in [2.45, 2.75) is 18.4 Å². The molecule has 0 spiro atoms. The number of ether oxygens (including phenoxy) is 2. The van der Waals surface area contributed by atoms with Crippen LogP contribution in [0.1, 0.15) is 11.1 Å². The van der Waals surface area contributed by atoms with E-state index in [0.29, 0.717) is 31.9 Å². The van der Waals surface area contributed by atoms with E-state index in [1.54, 1.807) is 12.0 Å². The Morgan fingerprint density at radius 2 is 1.92 bits per heavy atom. The quantitative estimate of drug-likeness (QED) is 0.862. The molecule has 5 nitrogen and oxygen atoms in total. The Morgan fingerprint density at radius 1 is 1.19 bits per heavy atom. The molecule has 0 bridgehead atoms. The fourth-order valence-corrected chi connectivity index (χ4v) is 3.41. The van der Waals surface area contributed by atoms with E-state index in [9.17, 15) is 9.90 Å². The maximum absolute atomic E-state index is 12.8. The summed E-state index contributed by atoms with van der Waals surface area (Å²) < 4.78 is 11.3. The number of aliphatic hydroxyl groups is 1. The Morgan fingerprint density at radius 3 is 2.65 bits per heavy atom. The van der Waals surface area contributed by atoms with Gasteiger partial charge in [0, 0.05) is 18.5 Å². The summed E-state index contributed by atoms with van der Waals surface area (Å²) in [7, 11) is 1.61. The number of hydrogen-bond donors (Lipinski definition) is 1. The fourth-order valence-electron chi connectivity index (χ4n) is 3.41. The van der Waals surface area contributed by atoms with Gasteiger partial charge >= 0.3 is 0 Å². The van der Waals surface area contributed by atoms with Crippen LogP contribution in [0.4, 0.5) is 0 Å². The molecule has 1 saturated heterocycles. The van der Waals surface area contributed by atoms with Crippen LogP contribution in [0.2, 0.25) is 0 Å². The van der Waals surface area contributed by atoms with E-state index in [-0.39, 0.29) is 18.9 Å². The lowest BCUT2D eigenvalue weighted by Gasteiger charge is -2.42. The molecule has 2 aromatic rings. The SMILES string of the molecule is COc1ccccc1CC(=O)N1CCO[C@](CO)(Cc2ccccc2)C1. The minimum Gasteiger partial charge on any atom is -0.496 e. The van der Waals surface area contributed by atoms with Crippen molar-refractivity contribution in [2.24, 2.45) is 0 Å². The summed E-state index contributed by atoms with van der Waals surface area (Å²) in [5, 5.41) is 9.99. The maximum atomic E-state index is 12.8. The summed E-state index contributed by atoms with van der Waals surface area (Å²) in [6, 6.07) is 17.5. The molecule has 3 rings (SSSR count). The van der Waals surface area contributed by atoms with Gasteiger partial charge in [-0.1, -0.05) is 48.5 Å². The number of carbonyl (C=O) groups excluding carboxylic acids is 1. The minimum absolute atomic E-state index is 0.0173. The number of carbonyl (C=O) groups is 1. The van der Waals surface area contributed by atoms with E-state index in [4.69, 9.17) is 9.47 Å². The molecular formula is C21H25NO4. The van der Waals surface area contributed by atoms with Crippen molar-refractivity contribution < 1.29 is 19.4 Å². The van der Waals surface area contributed by atoms with Gasteiger partial charge in [-0.15, -0.1) is 0 Å². The van der Waals surface area contributed by atoms with Crippen LogP contribution in [0, 0.1) is 0 Å². The van der Waals surface area contributed by atoms with Crippen molar-refractivity contribution in [2.75, 3.05) is 33.4 Å². The standard InChI is InChI=1S/C21H25NO4/c1-25-19-10-6-5-9-18(19)13-20(24)22-11-12-26-21(15-22,16-23)14-17-7-3-2-4-8-17/h2-10,23H,11-16H2,1H3/t21-/m1/s1. The molecule has 1 aliphatic rings. The van der Waals surface area contributed by atoms with Gasteiger partial charge in [0.2, 0.25) is 5.91 Å². The van der Waals surface area contributed by atoms with Gasteiger partial charge in [-0.05, 0) is 11.6 Å². The number of amides is 1. The number of para-hydroxylation sites is 1. The molecule has 26 heavy (non-hydrogen) atoms. The molecule has 1 amide bonds. The zero-order chi connectivity index (χ0) is 18.4. The number of rotatable bonds is 6. The number of aliphatic hydroxyl groups excluding tert-OH is 1. The van der Waals surface area contributed by atoms with Gasteiger partial charge < -0.3 is 19.5 Å². The third kappa shape index (κ3) is 4.23. The van der Waals surface area contributed by atoms with E-state index in [1.165, 1.54) is 0 Å². The van der Waals surface area contributed by atoms with Crippen molar-refractivity contribution in [1.29, 1.82) is 0 Å². The number of morpholine rings is 1. The van der Waals surface area contributed by atoms with E-state index >= 15 is 0 Å². The topological polar surface area (TPSA) is 59.0 Å². The highest BCUT2D eigenvalue weighted by Crippen LogP contribution is 2.25. The highest BCUT2D eigenvalue weighted by Gasteiger charge is 2.38. The predicted molar refractivity (Wildman–Crippen MR) is 99.2 cm³/mol. The van der Waals surface area contributed by atoms with E-state index in [0.717, 1.165) is 11.1 Å². The van der Waals surface area contributed by atoms with Crippen LogP contribution in [0.15, 0.2) is 54.6 Å². The molecule has 1 atom stereocenters. The number of methoxy groups -OCH3 is 1. The molecule has 5 heteroatoms. The Hall–Kier alpha value is -2.37. The molecule has 0 radical (unpaired) electrons. The molecule has 2 aromatic carbocycles. The first kappa shape index (κ1) is 18.4. The monoisotopic (exact) mass is 355 g/mol. The summed E-state index contributed by atoms with van der Waals surface area (Å²) in [5.41, 5.74) is 1.19. The zero-order valence-corrected chi connectivity index (χ0v) is 15.1. The highest BCUT2D eigenvalue weighted by atomic mass is 16.5. The number of hydrogen-bond acceptors (Lipinski definition) is 4. The van der Waals surface area contributed by atoms with Crippen LogP contribution in [-0.4, -0.2) is 54.9 Å². The van der Waals surface area contributed by atoms with Gasteiger partial charge in [0.1, 0.15) is 11.4 Å². The second-order valence-corrected chi connectivity index (χ2v) is 6.66. The van der Waals surface area contributed by atoms with Crippen LogP contribution in [0.3, 0.4) is 0 Å². The van der Waals surface area contributed by atoms with Crippen LogP contribution in [0.25, 0.3) is 0 Å². The van der Waals surface area contributed by atoms with Crippen molar-refractivity contribution in [3.8, 4) is 5.75 Å². The lowest BCUT2D eigenvalue weighted by atomic mass is 9.93. The maximum Gasteiger partial charge on any atom is 0.227 e. The summed E-state index contributed by atoms with van der Waals surface area (Å²) in [6.45, 7) is 1.21. The Kier molecular flexibility index (Phi) is 5.91. The first-order valence-corrected chi connectivity index (χ1v) is 8.84. The second-order valence-electron chi connectivity index (χ2n) is 6.66. The summed E-state index contributed by atoms with van der Waals surface area (Å²) in [4.78, 5) is 14.6. The average Bonchev–Trinajstić information content (AvgIpc) is 2.69. The predicted octanol–water partition coefficient (Wildman–Crippen LogP) is 2.07. The van der Waals surface area contributed by atoms with Crippen molar-refractivity contribution >= 4 is 5.91 Å². The molecule has 1 aliphatic heterocycles. The molecule has 0 aliphatic carbocycles. The fraction of sp³-hybridized carbons (Fsp3) is 0.381. The Labute approximate surface area is 154 Å². The average molecular weight is 355 g/mol. The van der Waals surface area contributed by atoms with Gasteiger partial charge in [0.05, 0.1) is 33.3 Å². The third-order valence-corrected chi connectivity index (χ3v) is 4.79. The largest absolute Gasteiger partial charge is 0.496 e. The van der Waals surface area contributed by atoms with Crippen LogP contribution < -0.4 is 4.74 Å². The summed E-state index contributed by atoms with van der Waals surface area (Å²) in [5.74, 6) is 0.732. The molecule has 1 fully saturated rings. The van der Waals surface area contributed by atoms with E-state index < -0.39 is 5.60 Å². The van der Waals surface area contributed by atoms with Crippen molar-refractivity contribution in [3.63, 3.8) is 0 Å². The van der Waals surface area contributed by atoms with Gasteiger partial charge in [-0.25, -0.2) is 0 Å². The molecule has 1 heterocycles. The van der Waals surface area contributed by atoms with E-state index in [2.05, 4.69) is 0 Å². The Bertz CT molecular complexity index is 734. The lowest BCUT2D eigenvalue weighted by molar-refractivity contribution is -0.157. The van der Waals surface area contributed by atoms with Crippen LogP contribution in [0.5, 0.6) is 5.75 Å². The molecule has 0 saturated carbocycles. The molecule has 138 valence electrons. The lowest BCUT2D eigenvalue weighted by Crippen LogP contribution is -2.57. The second kappa shape index (κ2) is 8.34. The molecule has 0 aromatic heterocycles. The first-order chi connectivity index (χ1) is 12.7. The normalized spacial score (nSPS) is 20.0. The van der Waals surface area contributed by atoms with Gasteiger partial charge in [0.25, 0.3) is 0 Å². The molecule has 1 N–H and O–H groups in total. The summed E-state index contributed by atoms with van der Waals surface area (Å²) in [6.07, 6.45) is 0.847. The number of benzene rings is 2. The van der Waals surface area contributed by atoms with Gasteiger partial charge in [-0.2, -0.15) is 0 Å². The smallest absolute Gasteiger partial charge is 0.227 e. The summed E-state index contributed by atoms with van der Waals surface area (Å²) >= 11 is 0. The zero-order valence-electron chi connectivity index (χ0n) is 15.1. The van der Waals surface area contributed by atoms with Gasteiger partial charge in [0.15, 0.2) is 0 Å². The van der Waals surface area contributed by atoms with Crippen molar-refractivity contribution in [3.05, 3.63) is 65.7 Å². The minimum atomic E-state index is -0.754. The Balaban J connectivity index is 1.71. The van der Waals surface area contributed by atoms with Crippen LogP contribution >= 0.6 is 0 Å². The first-order valence-electron chi connectivity index (χ1n) is 8.84. The van der Waals surface area contributed by atoms with Gasteiger partial charge in [-0.3, -0.25) is 4.79 Å². The highest BCUT2D eigenvalue weighted by molar-refractivity contribution is 5.79. The molecule has 0 unspecified atom stereocenters. The van der Waals surface area contributed by atoms with Crippen molar-refractivity contribution in [1.82, 2.24) is 4.90 Å². The van der Waals surface area contributed by atoms with Crippen LogP contribution in [-0.2, 0) is 22.4 Å². The number of nitrogens with zero attached hydrogens (tertiary/aromatic N) is 1. The van der Waals surface area contributed by atoms with E-state index in [1.807, 2.05) is 54.6 Å².